The molecule has 7 heteroatoms. The molecule has 5 nitrogen and oxygen atoms in total. The topological polar surface area (TPSA) is 51.1 Å². The number of amides is 1. The molecule has 0 radical (unpaired) electrons. The van der Waals surface area contributed by atoms with E-state index in [-0.39, 0.29) is 12.3 Å². The van der Waals surface area contributed by atoms with Crippen LogP contribution in [-0.4, -0.2) is 25.8 Å². The van der Waals surface area contributed by atoms with Crippen LogP contribution in [0.4, 0.5) is 5.69 Å². The molecule has 2 aromatic carbocycles. The smallest absolute Gasteiger partial charge is 0.253 e. The van der Waals surface area contributed by atoms with Gasteiger partial charge in [-0.15, -0.1) is 0 Å². The maximum atomic E-state index is 12.3. The fourth-order valence-corrected chi connectivity index (χ4v) is 2.94. The first-order chi connectivity index (χ1) is 11.5. The number of carbonyl (C=O) groups excluding carboxylic acids is 1. The molecule has 1 heterocycles. The highest BCUT2D eigenvalue weighted by Gasteiger charge is 2.28. The van der Waals surface area contributed by atoms with Crippen LogP contribution < -0.4 is 14.5 Å². The van der Waals surface area contributed by atoms with Crippen molar-refractivity contribution in [3.63, 3.8) is 0 Å². The Morgan fingerprint density at radius 3 is 2.46 bits per heavy atom. The first-order valence-corrected chi connectivity index (χ1v) is 7.87. The van der Waals surface area contributed by atoms with Gasteiger partial charge in [0.2, 0.25) is 0 Å². The largest absolute Gasteiger partial charge is 0.493 e. The summed E-state index contributed by atoms with van der Waals surface area (Å²) in [5, 5.41) is 6.57. The fraction of sp³-hybridized carbons (Fsp3) is 0.176. The molecule has 0 spiro atoms. The Balaban J connectivity index is 1.97. The van der Waals surface area contributed by atoms with Crippen LogP contribution in [0.25, 0.3) is 0 Å². The molecular formula is C17H14Cl2N2O3. The summed E-state index contributed by atoms with van der Waals surface area (Å²) in [6, 6.07) is 10.3. The molecule has 1 aliphatic heterocycles. The van der Waals surface area contributed by atoms with E-state index in [1.54, 1.807) is 44.6 Å². The average molecular weight is 365 g/mol. The van der Waals surface area contributed by atoms with E-state index in [1.807, 2.05) is 6.07 Å². The minimum Gasteiger partial charge on any atom is -0.493 e. The highest BCUT2D eigenvalue weighted by Crippen LogP contribution is 2.33. The lowest BCUT2D eigenvalue weighted by Gasteiger charge is -2.13. The van der Waals surface area contributed by atoms with E-state index in [9.17, 15) is 4.79 Å². The molecule has 0 aromatic heterocycles. The van der Waals surface area contributed by atoms with Crippen molar-refractivity contribution in [1.29, 1.82) is 0 Å². The lowest BCUT2D eigenvalue weighted by molar-refractivity contribution is -0.116. The van der Waals surface area contributed by atoms with Crippen LogP contribution in [0.5, 0.6) is 11.5 Å². The summed E-state index contributed by atoms with van der Waals surface area (Å²) in [4.78, 5) is 12.3. The van der Waals surface area contributed by atoms with Crippen molar-refractivity contribution >= 4 is 40.5 Å². The van der Waals surface area contributed by atoms with E-state index in [1.165, 1.54) is 5.01 Å². The molecule has 1 amide bonds. The van der Waals surface area contributed by atoms with Crippen LogP contribution in [0.1, 0.15) is 12.0 Å². The predicted molar refractivity (Wildman–Crippen MR) is 94.6 cm³/mol. The second-order valence-corrected chi connectivity index (χ2v) is 5.94. The molecule has 0 saturated carbocycles. The van der Waals surface area contributed by atoms with Crippen LogP contribution in [0.3, 0.4) is 0 Å². The Labute approximate surface area is 149 Å². The summed E-state index contributed by atoms with van der Waals surface area (Å²) in [5.74, 6) is 1.03. The lowest BCUT2D eigenvalue weighted by atomic mass is 10.1. The van der Waals surface area contributed by atoms with Crippen molar-refractivity contribution in [2.45, 2.75) is 6.42 Å². The third kappa shape index (κ3) is 3.05. The van der Waals surface area contributed by atoms with Gasteiger partial charge in [0.15, 0.2) is 11.5 Å². The third-order valence-electron chi connectivity index (χ3n) is 3.63. The van der Waals surface area contributed by atoms with E-state index in [4.69, 9.17) is 32.7 Å². The third-order valence-corrected chi connectivity index (χ3v) is 4.17. The molecule has 24 heavy (non-hydrogen) atoms. The summed E-state index contributed by atoms with van der Waals surface area (Å²) >= 11 is 12.1. The van der Waals surface area contributed by atoms with Crippen molar-refractivity contribution < 1.29 is 14.3 Å². The van der Waals surface area contributed by atoms with E-state index in [0.29, 0.717) is 32.9 Å². The van der Waals surface area contributed by atoms with E-state index in [2.05, 4.69) is 5.10 Å². The zero-order valence-electron chi connectivity index (χ0n) is 13.0. The second kappa shape index (κ2) is 6.71. The summed E-state index contributed by atoms with van der Waals surface area (Å²) in [7, 11) is 3.13. The molecule has 2 aromatic rings. The van der Waals surface area contributed by atoms with E-state index < -0.39 is 0 Å². The molecule has 0 bridgehead atoms. The summed E-state index contributed by atoms with van der Waals surface area (Å²) in [6.07, 6.45) is 0.175. The van der Waals surface area contributed by atoms with Crippen LogP contribution in [0, 0.1) is 0 Å². The Kier molecular flexibility index (Phi) is 4.64. The number of methoxy groups -OCH3 is 2. The van der Waals surface area contributed by atoms with Gasteiger partial charge in [-0.1, -0.05) is 23.2 Å². The number of ether oxygens (including phenoxy) is 2. The van der Waals surface area contributed by atoms with Crippen molar-refractivity contribution in [3.8, 4) is 11.5 Å². The van der Waals surface area contributed by atoms with Crippen molar-refractivity contribution in [2.24, 2.45) is 5.10 Å². The molecule has 3 rings (SSSR count). The number of nitrogens with zero attached hydrogens (tertiary/aromatic N) is 2. The number of anilines is 1. The van der Waals surface area contributed by atoms with Crippen molar-refractivity contribution in [1.82, 2.24) is 0 Å². The minimum absolute atomic E-state index is 0.163. The predicted octanol–water partition coefficient (Wildman–Crippen LogP) is 4.15. The molecule has 0 atom stereocenters. The number of hydrogen-bond donors (Lipinski definition) is 0. The van der Waals surface area contributed by atoms with Crippen LogP contribution in [0.2, 0.25) is 10.0 Å². The van der Waals surface area contributed by atoms with Gasteiger partial charge < -0.3 is 9.47 Å². The van der Waals surface area contributed by atoms with Gasteiger partial charge in [0.05, 0.1) is 37.1 Å². The number of carbonyl (C=O) groups is 1. The standard InChI is InChI=1S/C17H14Cl2N2O3/c1-23-15-6-3-10(7-16(15)24-2)13-9-17(22)21(20-13)14-5-4-11(18)8-12(14)19/h3-8H,9H2,1-2H3. The SMILES string of the molecule is COc1ccc(C2=NN(c3ccc(Cl)cc3Cl)C(=O)C2)cc1OC. The van der Waals surface area contributed by atoms with Gasteiger partial charge in [-0.05, 0) is 36.4 Å². The Morgan fingerprint density at radius 1 is 1.04 bits per heavy atom. The highest BCUT2D eigenvalue weighted by molar-refractivity contribution is 6.37. The second-order valence-electron chi connectivity index (χ2n) is 5.09. The maximum absolute atomic E-state index is 12.3. The first-order valence-electron chi connectivity index (χ1n) is 7.11. The minimum atomic E-state index is -0.163. The van der Waals surface area contributed by atoms with Gasteiger partial charge in [-0.25, -0.2) is 0 Å². The Morgan fingerprint density at radius 2 is 1.79 bits per heavy atom. The van der Waals surface area contributed by atoms with Gasteiger partial charge in [0.1, 0.15) is 0 Å². The van der Waals surface area contributed by atoms with Crippen LogP contribution in [-0.2, 0) is 4.79 Å². The molecule has 1 aliphatic rings. The average Bonchev–Trinajstić information content (AvgIpc) is 2.96. The van der Waals surface area contributed by atoms with Crippen LogP contribution in [0.15, 0.2) is 41.5 Å². The normalized spacial score (nSPS) is 13.9. The number of hydrogen-bond acceptors (Lipinski definition) is 4. The molecule has 0 N–H and O–H groups in total. The van der Waals surface area contributed by atoms with Gasteiger partial charge in [0, 0.05) is 10.6 Å². The van der Waals surface area contributed by atoms with Crippen molar-refractivity contribution in [3.05, 3.63) is 52.0 Å². The number of hydrazone groups is 1. The Bertz CT molecular complexity index is 837. The Hall–Kier alpha value is -2.24. The quantitative estimate of drug-likeness (QED) is 0.818. The van der Waals surface area contributed by atoms with Gasteiger partial charge in [-0.3, -0.25) is 4.79 Å². The summed E-state index contributed by atoms with van der Waals surface area (Å²) in [6.45, 7) is 0. The lowest BCUT2D eigenvalue weighted by Crippen LogP contribution is -2.19. The number of halogens is 2. The van der Waals surface area contributed by atoms with E-state index in [0.717, 1.165) is 5.56 Å². The molecule has 0 aliphatic carbocycles. The number of benzene rings is 2. The molecule has 0 unspecified atom stereocenters. The van der Waals surface area contributed by atoms with Crippen molar-refractivity contribution in [2.75, 3.05) is 19.2 Å². The zero-order valence-corrected chi connectivity index (χ0v) is 14.6. The van der Waals surface area contributed by atoms with Gasteiger partial charge in [-0.2, -0.15) is 10.1 Å². The zero-order chi connectivity index (χ0) is 17.3. The molecular weight excluding hydrogens is 351 g/mol. The first kappa shape index (κ1) is 16.6. The molecule has 0 saturated heterocycles. The summed E-state index contributed by atoms with van der Waals surface area (Å²) in [5.41, 5.74) is 1.92. The summed E-state index contributed by atoms with van der Waals surface area (Å²) < 4.78 is 10.5. The van der Waals surface area contributed by atoms with E-state index >= 15 is 0 Å². The fourth-order valence-electron chi connectivity index (χ4n) is 2.45. The monoisotopic (exact) mass is 364 g/mol. The molecule has 124 valence electrons. The number of rotatable bonds is 4. The van der Waals surface area contributed by atoms with Crippen LogP contribution >= 0.6 is 23.2 Å². The maximum Gasteiger partial charge on any atom is 0.253 e. The van der Waals surface area contributed by atoms with Gasteiger partial charge >= 0.3 is 0 Å². The molecule has 0 fully saturated rings. The highest BCUT2D eigenvalue weighted by atomic mass is 35.5. The van der Waals surface area contributed by atoms with Gasteiger partial charge in [0.25, 0.3) is 5.91 Å².